The molecule has 6 heteroatoms. The van der Waals surface area contributed by atoms with E-state index >= 15 is 0 Å². The summed E-state index contributed by atoms with van der Waals surface area (Å²) in [5, 5.41) is 6.35. The van der Waals surface area contributed by atoms with Crippen molar-refractivity contribution < 1.29 is 42.3 Å². The molecule has 32 heavy (non-hydrogen) atoms. The number of benzene rings is 2. The third-order valence-electron chi connectivity index (χ3n) is 6.54. The van der Waals surface area contributed by atoms with Crippen molar-refractivity contribution in [3.05, 3.63) is 58.7 Å². The van der Waals surface area contributed by atoms with E-state index in [1.807, 2.05) is 64.1 Å². The van der Waals surface area contributed by atoms with Crippen LogP contribution in [-0.2, 0) is 42.3 Å². The predicted octanol–water partition coefficient (Wildman–Crippen LogP) is 6.33. The van der Waals surface area contributed by atoms with Gasteiger partial charge in [0.15, 0.2) is 0 Å². The number of rotatable bonds is 9. The van der Waals surface area contributed by atoms with Gasteiger partial charge in [-0.1, -0.05) is 43.3 Å². The molecule has 0 heterocycles. The first-order valence-electron chi connectivity index (χ1n) is 11.3. The smallest absolute Gasteiger partial charge is 0.265 e. The maximum Gasteiger partial charge on any atom is 0.265 e. The van der Waals surface area contributed by atoms with Crippen LogP contribution >= 0.6 is 7.26 Å². The van der Waals surface area contributed by atoms with Gasteiger partial charge in [0.25, 0.3) is 11.8 Å². The van der Waals surface area contributed by atoms with E-state index in [9.17, 15) is 9.59 Å². The average molecular weight is 530 g/mol. The van der Waals surface area contributed by atoms with E-state index in [-0.39, 0.29) is 50.2 Å². The Morgan fingerprint density at radius 2 is 1.19 bits per heavy atom. The summed E-state index contributed by atoms with van der Waals surface area (Å²) in [6.07, 6.45) is 2.93. The van der Waals surface area contributed by atoms with Crippen molar-refractivity contribution in [1.82, 2.24) is 0 Å². The van der Waals surface area contributed by atoms with E-state index < -0.39 is 7.26 Å². The zero-order valence-corrected chi connectivity index (χ0v) is 24.4. The van der Waals surface area contributed by atoms with Crippen LogP contribution in [-0.4, -0.2) is 36.0 Å². The molecule has 1 radical (unpaired) electrons. The van der Waals surface area contributed by atoms with Gasteiger partial charge in [0, 0.05) is 51.3 Å². The molecule has 1 unspecified atom stereocenters. The number of carbonyl (C=O) groups is 2. The molecule has 4 nitrogen and oxygen atoms in total. The van der Waals surface area contributed by atoms with Gasteiger partial charge in [-0.25, -0.2) is 0 Å². The van der Waals surface area contributed by atoms with Gasteiger partial charge >= 0.3 is 0 Å². The van der Waals surface area contributed by atoms with Gasteiger partial charge in [0.1, 0.15) is 11.8 Å². The van der Waals surface area contributed by atoms with Crippen LogP contribution in [0.4, 0.5) is 11.4 Å². The molecule has 2 N–H and O–H groups in total. The predicted molar refractivity (Wildman–Crippen MR) is 136 cm³/mol. The molecule has 2 rings (SSSR count). The van der Waals surface area contributed by atoms with Crippen LogP contribution in [0.3, 0.4) is 0 Å². The first-order chi connectivity index (χ1) is 14.7. The second kappa shape index (κ2) is 13.0. The van der Waals surface area contributed by atoms with Gasteiger partial charge in [0.2, 0.25) is 0 Å². The molecule has 0 fully saturated rings. The summed E-state index contributed by atoms with van der Waals surface area (Å²) in [5.74, 6) is 0.0737. The summed E-state index contributed by atoms with van der Waals surface area (Å²) < 4.78 is 0. The van der Waals surface area contributed by atoms with Crippen LogP contribution < -0.4 is 10.6 Å². The number of hydrogen-bond donors (Lipinski definition) is 2. The van der Waals surface area contributed by atoms with Crippen LogP contribution in [0.15, 0.2) is 36.4 Å². The van der Waals surface area contributed by atoms with E-state index in [1.165, 1.54) is 0 Å². The summed E-state index contributed by atoms with van der Waals surface area (Å²) in [5.41, 5.74) is 5.91. The Balaban J connectivity index is 0.00000512. The van der Waals surface area contributed by atoms with Crippen molar-refractivity contribution in [2.45, 2.75) is 60.5 Å². The second-order valence-electron chi connectivity index (χ2n) is 8.50. The Morgan fingerprint density at radius 3 is 1.56 bits per heavy atom. The fourth-order valence-corrected chi connectivity index (χ4v) is 8.50. The normalized spacial score (nSPS) is 12.0. The van der Waals surface area contributed by atoms with Crippen molar-refractivity contribution in [3.63, 3.8) is 0 Å². The second-order valence-corrected chi connectivity index (χ2v) is 13.1. The Hall–Kier alpha value is -1.09. The van der Waals surface area contributed by atoms with Gasteiger partial charge in [-0.3, -0.25) is 9.59 Å². The summed E-state index contributed by atoms with van der Waals surface area (Å²) in [6, 6.07) is 12.1. The van der Waals surface area contributed by atoms with Crippen LogP contribution in [0.25, 0.3) is 0 Å². The number of para-hydroxylation sites is 2. The molecular formula is C26H38N2O2PY+. The fraction of sp³-hybridized carbons (Fsp3) is 0.462. The molecule has 0 aromatic heterocycles. The first kappa shape index (κ1) is 28.9. The van der Waals surface area contributed by atoms with E-state index in [0.717, 1.165) is 52.4 Å². The van der Waals surface area contributed by atoms with E-state index in [4.69, 9.17) is 0 Å². The molecule has 1 atom stereocenters. The van der Waals surface area contributed by atoms with Crippen LogP contribution in [0, 0.1) is 27.7 Å². The van der Waals surface area contributed by atoms with Crippen molar-refractivity contribution in [2.75, 3.05) is 29.1 Å². The van der Waals surface area contributed by atoms with Crippen molar-refractivity contribution in [3.8, 4) is 0 Å². The quantitative estimate of drug-likeness (QED) is 0.372. The Kier molecular flexibility index (Phi) is 11.7. The molecule has 2 amide bonds. The van der Waals surface area contributed by atoms with Crippen molar-refractivity contribution in [1.29, 1.82) is 0 Å². The van der Waals surface area contributed by atoms with E-state index in [0.29, 0.717) is 6.16 Å². The Labute approximate surface area is 219 Å². The maximum atomic E-state index is 13.4. The molecule has 0 aliphatic rings. The maximum absolute atomic E-state index is 13.4. The monoisotopic (exact) mass is 530 g/mol. The number of aryl methyl sites for hydroxylation is 4. The first-order valence-corrected chi connectivity index (χ1v) is 13.7. The molecule has 0 spiro atoms. The summed E-state index contributed by atoms with van der Waals surface area (Å²) in [4.78, 5) is 26.6. The number of hydrogen-bond acceptors (Lipinski definition) is 2. The third kappa shape index (κ3) is 6.72. The summed E-state index contributed by atoms with van der Waals surface area (Å²) >= 11 is 0. The van der Waals surface area contributed by atoms with Crippen LogP contribution in [0.1, 0.15) is 49.4 Å². The average Bonchev–Trinajstić information content (AvgIpc) is 2.73. The molecular weight excluding hydrogens is 492 g/mol. The molecule has 0 saturated carbocycles. The number of nitrogens with one attached hydrogen (secondary N) is 2. The zero-order valence-electron chi connectivity index (χ0n) is 20.7. The van der Waals surface area contributed by atoms with E-state index in [1.54, 1.807) is 0 Å². The van der Waals surface area contributed by atoms with Crippen LogP contribution in [0.5, 0.6) is 0 Å². The largest absolute Gasteiger partial charge is 0.322 e. The van der Waals surface area contributed by atoms with Gasteiger partial charge in [-0.15, -0.1) is 0 Å². The SMILES string of the molecule is CCC(C(=O)Nc1c(C)cccc1C)[P+](CC)(CC)CC(=O)Nc1c(C)cccc1C.[Y]. The zero-order chi connectivity index (χ0) is 23.2. The molecule has 2 aromatic carbocycles. The minimum atomic E-state index is -1.84. The molecule has 0 aliphatic heterocycles. The molecule has 0 saturated heterocycles. The molecule has 171 valence electrons. The Morgan fingerprint density at radius 1 is 0.781 bits per heavy atom. The Bertz CT molecular complexity index is 901. The van der Waals surface area contributed by atoms with Gasteiger partial charge in [-0.2, -0.15) is 0 Å². The fourth-order valence-electron chi connectivity index (χ4n) is 4.51. The minimum absolute atomic E-state index is 0. The van der Waals surface area contributed by atoms with Gasteiger partial charge in [-0.05, 0) is 70.2 Å². The topological polar surface area (TPSA) is 58.2 Å². The van der Waals surface area contributed by atoms with E-state index in [2.05, 4.69) is 31.4 Å². The number of amides is 2. The molecule has 0 aliphatic carbocycles. The van der Waals surface area contributed by atoms with Crippen molar-refractivity contribution in [2.24, 2.45) is 0 Å². The third-order valence-corrected chi connectivity index (χ3v) is 11.9. The standard InChI is InChI=1S/C26H37N2O2P.Y/c1-8-22(26(30)28-25-20(6)15-12-16-21(25)7)31(9-2,10-3)17-23(29)27-24-18(4)13-11-14-19(24)5;/h11-16,22H,8-10,17H2,1-7H3,(H-,27,28,29,30);/p+1. The van der Waals surface area contributed by atoms with Crippen molar-refractivity contribution >= 4 is 30.5 Å². The molecule has 2 aromatic rings. The summed E-state index contributed by atoms with van der Waals surface area (Å²) in [7, 11) is -1.84. The number of anilines is 2. The minimum Gasteiger partial charge on any atom is -0.322 e. The number of carbonyl (C=O) groups excluding carboxylic acids is 2. The van der Waals surface area contributed by atoms with Crippen LogP contribution in [0.2, 0.25) is 0 Å². The molecule has 0 bridgehead atoms. The summed E-state index contributed by atoms with van der Waals surface area (Å²) in [6.45, 7) is 14.4. The van der Waals surface area contributed by atoms with Gasteiger partial charge in [0.05, 0.1) is 12.3 Å². The van der Waals surface area contributed by atoms with Gasteiger partial charge < -0.3 is 10.6 Å².